The van der Waals surface area contributed by atoms with Crippen LogP contribution in [0.15, 0.2) is 24.4 Å². The molecule has 4 rings (SSSR count). The molecular formula is C20H29N. The summed E-state index contributed by atoms with van der Waals surface area (Å²) in [6, 6.07) is 6.48. The highest BCUT2D eigenvalue weighted by Gasteiger charge is 2.55. The van der Waals surface area contributed by atoms with Gasteiger partial charge in [-0.2, -0.15) is 0 Å². The maximum absolute atomic E-state index is 4.66. The zero-order chi connectivity index (χ0) is 14.1. The molecule has 3 saturated carbocycles. The van der Waals surface area contributed by atoms with E-state index in [0.29, 0.717) is 5.41 Å². The molecule has 3 aliphatic rings. The van der Waals surface area contributed by atoms with Crippen molar-refractivity contribution in [2.45, 2.75) is 70.6 Å². The van der Waals surface area contributed by atoms with Crippen LogP contribution in [0.1, 0.15) is 69.9 Å². The highest BCUT2D eigenvalue weighted by molar-refractivity contribution is 5.13. The van der Waals surface area contributed by atoms with E-state index in [1.807, 2.05) is 6.20 Å². The quantitative estimate of drug-likeness (QED) is 0.708. The fraction of sp³-hybridized carbons (Fsp3) is 0.750. The second-order valence-electron chi connectivity index (χ2n) is 7.99. The van der Waals surface area contributed by atoms with E-state index in [4.69, 9.17) is 0 Å². The van der Waals surface area contributed by atoms with Crippen molar-refractivity contribution in [2.75, 3.05) is 0 Å². The molecule has 3 aliphatic carbocycles. The van der Waals surface area contributed by atoms with Crippen LogP contribution in [0.2, 0.25) is 0 Å². The van der Waals surface area contributed by atoms with Crippen LogP contribution in [-0.2, 0) is 6.42 Å². The lowest BCUT2D eigenvalue weighted by molar-refractivity contribution is -0.0949. The Morgan fingerprint density at radius 1 is 0.952 bits per heavy atom. The van der Waals surface area contributed by atoms with E-state index in [0.717, 1.165) is 17.8 Å². The Labute approximate surface area is 129 Å². The number of nitrogens with zero attached hydrogens (tertiary/aromatic N) is 1. The largest absolute Gasteiger partial charge is 0.261 e. The number of hydrogen-bond donors (Lipinski definition) is 0. The Bertz CT molecular complexity index is 468. The van der Waals surface area contributed by atoms with Crippen molar-refractivity contribution < 1.29 is 0 Å². The third kappa shape index (κ3) is 2.53. The Morgan fingerprint density at radius 2 is 1.76 bits per heavy atom. The predicted octanol–water partition coefficient (Wildman–Crippen LogP) is 5.40. The molecule has 0 bridgehead atoms. The topological polar surface area (TPSA) is 12.9 Å². The molecule has 0 radical (unpaired) electrons. The highest BCUT2D eigenvalue weighted by atomic mass is 14.7. The summed E-state index contributed by atoms with van der Waals surface area (Å²) in [6.07, 6.45) is 18.2. The molecule has 3 fully saturated rings. The lowest BCUT2D eigenvalue weighted by Gasteiger charge is -2.59. The summed E-state index contributed by atoms with van der Waals surface area (Å²) >= 11 is 0. The summed E-state index contributed by atoms with van der Waals surface area (Å²) in [5, 5.41) is 0. The van der Waals surface area contributed by atoms with Crippen molar-refractivity contribution in [3.05, 3.63) is 30.1 Å². The van der Waals surface area contributed by atoms with Crippen LogP contribution in [0.3, 0.4) is 0 Å². The fourth-order valence-corrected chi connectivity index (χ4v) is 6.08. The molecule has 4 atom stereocenters. The van der Waals surface area contributed by atoms with Gasteiger partial charge in [0.05, 0.1) is 0 Å². The van der Waals surface area contributed by atoms with Gasteiger partial charge in [-0.25, -0.2) is 0 Å². The first kappa shape index (κ1) is 13.8. The van der Waals surface area contributed by atoms with E-state index in [-0.39, 0.29) is 0 Å². The molecule has 114 valence electrons. The maximum Gasteiger partial charge on any atom is 0.0409 e. The number of hydrogen-bond acceptors (Lipinski definition) is 1. The van der Waals surface area contributed by atoms with Crippen molar-refractivity contribution >= 4 is 0 Å². The molecule has 0 aliphatic heterocycles. The van der Waals surface area contributed by atoms with Crippen LogP contribution >= 0.6 is 0 Å². The summed E-state index contributed by atoms with van der Waals surface area (Å²) in [4.78, 5) is 4.66. The van der Waals surface area contributed by atoms with Crippen molar-refractivity contribution in [3.8, 4) is 0 Å². The van der Waals surface area contributed by atoms with Gasteiger partial charge in [-0.15, -0.1) is 0 Å². The summed E-state index contributed by atoms with van der Waals surface area (Å²) < 4.78 is 0. The standard InChI is InChI=1S/C20H29N/c1-2-8-16-9-3-4-10-17-14-20(12-6-1,19(16)17)15-18-11-5-7-13-21-18/h5,7,11,13,16-17,19H,1-4,6,8-10,12,14-15H2/t16?,17-,19?,20?/m1/s1. The minimum atomic E-state index is 0.619. The summed E-state index contributed by atoms with van der Waals surface area (Å²) in [6.45, 7) is 0. The van der Waals surface area contributed by atoms with Gasteiger partial charge in [0.25, 0.3) is 0 Å². The van der Waals surface area contributed by atoms with Crippen LogP contribution < -0.4 is 0 Å². The van der Waals surface area contributed by atoms with Crippen molar-refractivity contribution in [2.24, 2.45) is 23.2 Å². The SMILES string of the molecule is c1ccc(CC23CCCCCC4CCCC[C@H](C2)C43)nc1. The average Bonchev–Trinajstić information content (AvgIpc) is 2.63. The minimum absolute atomic E-state index is 0.619. The molecule has 3 unspecified atom stereocenters. The molecule has 0 aromatic carbocycles. The van der Waals surface area contributed by atoms with E-state index < -0.39 is 0 Å². The first-order valence-corrected chi connectivity index (χ1v) is 9.27. The first-order chi connectivity index (χ1) is 10.4. The van der Waals surface area contributed by atoms with Crippen molar-refractivity contribution in [3.63, 3.8) is 0 Å². The number of rotatable bonds is 2. The van der Waals surface area contributed by atoms with E-state index in [1.165, 1.54) is 76.3 Å². The van der Waals surface area contributed by atoms with Crippen molar-refractivity contribution in [1.29, 1.82) is 0 Å². The highest BCUT2D eigenvalue weighted by Crippen LogP contribution is 2.63. The summed E-state index contributed by atoms with van der Waals surface area (Å²) in [5.74, 6) is 3.12. The van der Waals surface area contributed by atoms with Crippen LogP contribution in [0, 0.1) is 23.2 Å². The number of pyridine rings is 1. The van der Waals surface area contributed by atoms with E-state index in [2.05, 4.69) is 23.2 Å². The Morgan fingerprint density at radius 3 is 2.57 bits per heavy atom. The van der Waals surface area contributed by atoms with E-state index in [1.54, 1.807) is 0 Å². The zero-order valence-electron chi connectivity index (χ0n) is 13.3. The molecule has 0 spiro atoms. The second kappa shape index (κ2) is 5.74. The number of aromatic nitrogens is 1. The Balaban J connectivity index is 1.61. The lowest BCUT2D eigenvalue weighted by atomic mass is 9.45. The van der Waals surface area contributed by atoms with Gasteiger partial charge in [-0.3, -0.25) is 4.98 Å². The van der Waals surface area contributed by atoms with Gasteiger partial charge >= 0.3 is 0 Å². The normalized spacial score (nSPS) is 39.3. The van der Waals surface area contributed by atoms with Crippen LogP contribution in [0.4, 0.5) is 0 Å². The Kier molecular flexibility index (Phi) is 3.77. The molecule has 0 N–H and O–H groups in total. The van der Waals surface area contributed by atoms with E-state index in [9.17, 15) is 0 Å². The van der Waals surface area contributed by atoms with Crippen LogP contribution in [0.5, 0.6) is 0 Å². The Hall–Kier alpha value is -0.850. The zero-order valence-corrected chi connectivity index (χ0v) is 13.3. The summed E-state index contributed by atoms with van der Waals surface area (Å²) in [5.41, 5.74) is 1.97. The molecule has 1 heterocycles. The third-order valence-electron chi connectivity index (χ3n) is 6.80. The van der Waals surface area contributed by atoms with Gasteiger partial charge in [0, 0.05) is 11.9 Å². The van der Waals surface area contributed by atoms with Gasteiger partial charge in [0.2, 0.25) is 0 Å². The monoisotopic (exact) mass is 283 g/mol. The smallest absolute Gasteiger partial charge is 0.0409 e. The van der Waals surface area contributed by atoms with Gasteiger partial charge in [0.15, 0.2) is 0 Å². The van der Waals surface area contributed by atoms with Crippen LogP contribution in [0.25, 0.3) is 0 Å². The van der Waals surface area contributed by atoms with E-state index >= 15 is 0 Å². The van der Waals surface area contributed by atoms with Gasteiger partial charge in [0.1, 0.15) is 0 Å². The molecule has 0 saturated heterocycles. The maximum atomic E-state index is 4.66. The predicted molar refractivity (Wildman–Crippen MR) is 87.0 cm³/mol. The minimum Gasteiger partial charge on any atom is -0.261 e. The molecule has 0 amide bonds. The van der Waals surface area contributed by atoms with Gasteiger partial charge in [-0.1, -0.05) is 57.4 Å². The fourth-order valence-electron chi connectivity index (χ4n) is 6.08. The first-order valence-electron chi connectivity index (χ1n) is 9.27. The summed E-state index contributed by atoms with van der Waals surface area (Å²) in [7, 11) is 0. The van der Waals surface area contributed by atoms with Crippen LogP contribution in [-0.4, -0.2) is 4.98 Å². The molecule has 1 aromatic heterocycles. The molecule has 1 heteroatoms. The lowest BCUT2D eigenvalue weighted by Crippen LogP contribution is -2.52. The average molecular weight is 283 g/mol. The molecule has 1 nitrogen and oxygen atoms in total. The second-order valence-corrected chi connectivity index (χ2v) is 7.99. The molecular weight excluding hydrogens is 254 g/mol. The molecule has 21 heavy (non-hydrogen) atoms. The third-order valence-corrected chi connectivity index (χ3v) is 6.80. The van der Waals surface area contributed by atoms with Gasteiger partial charge in [-0.05, 0) is 54.6 Å². The van der Waals surface area contributed by atoms with Gasteiger partial charge < -0.3 is 0 Å². The van der Waals surface area contributed by atoms with Crippen molar-refractivity contribution in [1.82, 2.24) is 4.98 Å². The molecule has 1 aromatic rings.